The lowest BCUT2D eigenvalue weighted by Gasteiger charge is -2.13. The van der Waals surface area contributed by atoms with E-state index in [0.29, 0.717) is 35.3 Å². The van der Waals surface area contributed by atoms with Crippen LogP contribution in [0, 0.1) is 23.0 Å². The lowest BCUT2D eigenvalue weighted by atomic mass is 10.1. The Morgan fingerprint density at radius 2 is 1.97 bits per heavy atom. The first-order valence-corrected chi connectivity index (χ1v) is 11.3. The molecule has 35 heavy (non-hydrogen) atoms. The number of fused-ring (bicyclic) bond motifs is 1. The van der Waals surface area contributed by atoms with Gasteiger partial charge in [0.15, 0.2) is 17.3 Å². The molecule has 0 bridgehead atoms. The van der Waals surface area contributed by atoms with Gasteiger partial charge in [-0.3, -0.25) is 4.57 Å². The molecular weight excluding hydrogens is 450 g/mol. The Morgan fingerprint density at radius 1 is 1.11 bits per heavy atom. The highest BCUT2D eigenvalue weighted by Crippen LogP contribution is 2.33. The van der Waals surface area contributed by atoms with Crippen LogP contribution in [0.2, 0.25) is 0 Å². The van der Waals surface area contributed by atoms with Crippen LogP contribution in [-0.4, -0.2) is 28.3 Å². The lowest BCUT2D eigenvalue weighted by molar-refractivity contribution is 0.285. The van der Waals surface area contributed by atoms with Crippen molar-refractivity contribution in [3.63, 3.8) is 0 Å². The molecule has 0 aliphatic heterocycles. The van der Waals surface area contributed by atoms with Crippen LogP contribution < -0.4 is 9.47 Å². The van der Waals surface area contributed by atoms with Crippen molar-refractivity contribution in [3.8, 4) is 23.4 Å². The quantitative estimate of drug-likeness (QED) is 0.266. The van der Waals surface area contributed by atoms with Gasteiger partial charge in [0.05, 0.1) is 24.8 Å². The summed E-state index contributed by atoms with van der Waals surface area (Å²) in [6.07, 6.45) is 7.92. The van der Waals surface area contributed by atoms with E-state index in [-0.39, 0.29) is 11.0 Å². The fourth-order valence-electron chi connectivity index (χ4n) is 3.74. The predicted molar refractivity (Wildman–Crippen MR) is 130 cm³/mol. The monoisotopic (exact) mass is 474 g/mol. The minimum atomic E-state index is -0.764. The van der Waals surface area contributed by atoms with Gasteiger partial charge >= 0.3 is 0 Å². The molecule has 0 aliphatic rings. The molecule has 0 atom stereocenters. The molecule has 0 spiro atoms. The van der Waals surface area contributed by atoms with Crippen molar-refractivity contribution in [2.75, 3.05) is 13.7 Å². The number of hydrogen-bond acceptors (Lipinski definition) is 5. The fraction of sp³-hybridized carbons (Fsp3) is 0.222. The van der Waals surface area contributed by atoms with Gasteiger partial charge in [0, 0.05) is 23.9 Å². The van der Waals surface area contributed by atoms with E-state index in [1.165, 1.54) is 16.8 Å². The molecule has 0 amide bonds. The van der Waals surface area contributed by atoms with Gasteiger partial charge in [-0.15, -0.1) is 0 Å². The van der Waals surface area contributed by atoms with Crippen molar-refractivity contribution in [2.24, 2.45) is 0 Å². The second-order valence-electron chi connectivity index (χ2n) is 7.85. The number of pyridine rings is 1. The van der Waals surface area contributed by atoms with Crippen LogP contribution in [0.1, 0.15) is 43.1 Å². The first-order chi connectivity index (χ1) is 17.0. The van der Waals surface area contributed by atoms with Gasteiger partial charge < -0.3 is 9.47 Å². The average molecular weight is 475 g/mol. The van der Waals surface area contributed by atoms with Crippen molar-refractivity contribution in [3.05, 3.63) is 77.2 Å². The van der Waals surface area contributed by atoms with Crippen molar-refractivity contribution in [2.45, 2.75) is 26.2 Å². The Kier molecular flexibility index (Phi) is 7.36. The highest BCUT2D eigenvalue weighted by Gasteiger charge is 2.17. The Morgan fingerprint density at radius 3 is 2.69 bits per heavy atom. The zero-order chi connectivity index (χ0) is 24.8. The summed E-state index contributed by atoms with van der Waals surface area (Å²) < 4.78 is 41.7. The summed E-state index contributed by atoms with van der Waals surface area (Å²) in [7, 11) is 1.58. The van der Waals surface area contributed by atoms with Gasteiger partial charge in [0.25, 0.3) is 0 Å². The topological polar surface area (TPSA) is 73.0 Å². The lowest BCUT2D eigenvalue weighted by Crippen LogP contribution is -2.02. The average Bonchev–Trinajstić information content (AvgIpc) is 3.24. The van der Waals surface area contributed by atoms with Crippen LogP contribution >= 0.6 is 0 Å². The molecule has 0 saturated carbocycles. The third-order valence-electron chi connectivity index (χ3n) is 5.44. The van der Waals surface area contributed by atoms with Crippen LogP contribution in [-0.2, 0) is 0 Å². The normalized spacial score (nSPS) is 11.2. The van der Waals surface area contributed by atoms with Crippen molar-refractivity contribution < 1.29 is 18.3 Å². The maximum absolute atomic E-state index is 14.8. The summed E-state index contributed by atoms with van der Waals surface area (Å²) in [5, 5.41) is 9.09. The Balaban J connectivity index is 1.80. The number of halogens is 2. The van der Waals surface area contributed by atoms with Crippen LogP contribution in [0.15, 0.2) is 48.7 Å². The summed E-state index contributed by atoms with van der Waals surface area (Å²) in [5.74, 6) is 0.385. The molecule has 178 valence electrons. The smallest absolute Gasteiger partial charge is 0.168 e. The van der Waals surface area contributed by atoms with E-state index < -0.39 is 11.6 Å². The molecular formula is C27H24F2N4O2. The van der Waals surface area contributed by atoms with Crippen molar-refractivity contribution >= 4 is 23.2 Å². The van der Waals surface area contributed by atoms with Crippen LogP contribution in [0.25, 0.3) is 29.0 Å². The molecule has 0 saturated heterocycles. The molecule has 0 radical (unpaired) electrons. The van der Waals surface area contributed by atoms with E-state index in [1.54, 1.807) is 31.4 Å². The number of para-hydroxylation sites is 1. The highest BCUT2D eigenvalue weighted by molar-refractivity contribution is 5.83. The predicted octanol–water partition coefficient (Wildman–Crippen LogP) is 6.32. The van der Waals surface area contributed by atoms with Gasteiger partial charge in [0.2, 0.25) is 0 Å². The standard InChI is InChI=1S/C27H24F2N4O2/c1-3-4-5-13-35-27-19(7-6-8-23(27)34-2)10-12-25-32-22-15-20(28)14-21(29)26(22)33(25)24-11-9-18(16-30)17-31-24/h6-12,14-15,17H,3-5,13H2,1-2H3/b12-10+. The van der Waals surface area contributed by atoms with Gasteiger partial charge in [-0.05, 0) is 36.8 Å². The number of hydrogen-bond donors (Lipinski definition) is 0. The molecule has 0 N–H and O–H groups in total. The van der Waals surface area contributed by atoms with Gasteiger partial charge in [0.1, 0.15) is 29.0 Å². The van der Waals surface area contributed by atoms with Crippen LogP contribution in [0.3, 0.4) is 0 Å². The molecule has 6 nitrogen and oxygen atoms in total. The molecule has 4 aromatic rings. The second kappa shape index (κ2) is 10.8. The number of unbranched alkanes of at least 4 members (excludes halogenated alkanes) is 2. The molecule has 0 unspecified atom stereocenters. The Bertz CT molecular complexity index is 1410. The van der Waals surface area contributed by atoms with Crippen molar-refractivity contribution in [1.29, 1.82) is 5.26 Å². The minimum Gasteiger partial charge on any atom is -0.493 e. The second-order valence-corrected chi connectivity index (χ2v) is 7.85. The summed E-state index contributed by atoms with van der Waals surface area (Å²) >= 11 is 0. The summed E-state index contributed by atoms with van der Waals surface area (Å²) in [4.78, 5) is 8.73. The van der Waals surface area contributed by atoms with Crippen LogP contribution in [0.4, 0.5) is 8.78 Å². The first-order valence-electron chi connectivity index (χ1n) is 11.3. The molecule has 2 aromatic heterocycles. The first kappa shape index (κ1) is 23.9. The van der Waals surface area contributed by atoms with Gasteiger partial charge in [-0.2, -0.15) is 5.26 Å². The number of imidazole rings is 1. The molecule has 0 aliphatic carbocycles. The number of nitrogens with zero attached hydrogens (tertiary/aromatic N) is 4. The molecule has 0 fully saturated rings. The van der Waals surface area contributed by atoms with E-state index in [4.69, 9.17) is 14.7 Å². The number of benzene rings is 2. The zero-order valence-electron chi connectivity index (χ0n) is 19.5. The molecule has 8 heteroatoms. The van der Waals surface area contributed by atoms with Crippen LogP contribution in [0.5, 0.6) is 11.5 Å². The molecule has 2 heterocycles. The van der Waals surface area contributed by atoms with E-state index in [2.05, 4.69) is 16.9 Å². The molecule has 4 rings (SSSR count). The fourth-order valence-corrected chi connectivity index (χ4v) is 3.74. The third-order valence-corrected chi connectivity index (χ3v) is 5.44. The summed E-state index contributed by atoms with van der Waals surface area (Å²) in [6.45, 7) is 2.67. The number of ether oxygens (including phenoxy) is 2. The van der Waals surface area contributed by atoms with Gasteiger partial charge in [-0.25, -0.2) is 18.7 Å². The Labute approximate surface area is 202 Å². The van der Waals surface area contributed by atoms with Crippen molar-refractivity contribution in [1.82, 2.24) is 14.5 Å². The number of rotatable bonds is 9. The zero-order valence-corrected chi connectivity index (χ0v) is 19.5. The largest absolute Gasteiger partial charge is 0.493 e. The van der Waals surface area contributed by atoms with E-state index in [9.17, 15) is 8.78 Å². The Hall–Kier alpha value is -4.25. The number of aromatic nitrogens is 3. The van der Waals surface area contributed by atoms with E-state index in [1.807, 2.05) is 24.3 Å². The van der Waals surface area contributed by atoms with E-state index in [0.717, 1.165) is 30.9 Å². The SMILES string of the molecule is CCCCCOc1c(/C=C/c2nc3cc(F)cc(F)c3n2-c2ccc(C#N)cn2)cccc1OC. The highest BCUT2D eigenvalue weighted by atomic mass is 19.1. The maximum Gasteiger partial charge on any atom is 0.168 e. The number of methoxy groups -OCH3 is 1. The van der Waals surface area contributed by atoms with Gasteiger partial charge in [-0.1, -0.05) is 31.9 Å². The molecule has 2 aromatic carbocycles. The maximum atomic E-state index is 14.8. The summed E-state index contributed by atoms with van der Waals surface area (Å²) in [6, 6.07) is 12.7. The minimum absolute atomic E-state index is 0.0879. The third kappa shape index (κ3) is 5.14. The number of nitriles is 1. The van der Waals surface area contributed by atoms with E-state index >= 15 is 0 Å². The summed E-state index contributed by atoms with van der Waals surface area (Å²) in [5.41, 5.74) is 1.35.